The molecule has 1 aliphatic rings. The molecule has 2 aromatic rings. The van der Waals surface area contributed by atoms with E-state index in [1.54, 1.807) is 58.9 Å². The molecule has 0 radical (unpaired) electrons. The van der Waals surface area contributed by atoms with Crippen molar-refractivity contribution in [2.45, 2.75) is 71.9 Å². The maximum absolute atomic E-state index is 13.1. The standard InChI is InChI=1S/C21H30N4O5/c1-12(2)16-15(24(21(6,7)29-16)18(26)30-20(3,4)5)17-23-25(19(27)28-17)14-10-8-13(22)9-11-14/h8-12,15-16H,22H2,1-7H3/t15-,16+/m0/s1. The van der Waals surface area contributed by atoms with Gasteiger partial charge in [-0.3, -0.25) is 4.90 Å². The van der Waals surface area contributed by atoms with Crippen molar-refractivity contribution in [2.24, 2.45) is 5.92 Å². The number of anilines is 1. The quantitative estimate of drug-likeness (QED) is 0.759. The number of hydrogen-bond acceptors (Lipinski definition) is 7. The summed E-state index contributed by atoms with van der Waals surface area (Å²) in [5, 5.41) is 4.39. The minimum atomic E-state index is -0.981. The van der Waals surface area contributed by atoms with Crippen molar-refractivity contribution >= 4 is 11.8 Å². The Kier molecular flexibility index (Phi) is 5.44. The van der Waals surface area contributed by atoms with Crippen LogP contribution in [0.2, 0.25) is 0 Å². The van der Waals surface area contributed by atoms with E-state index >= 15 is 0 Å². The van der Waals surface area contributed by atoms with E-state index < -0.39 is 35.3 Å². The number of aromatic nitrogens is 2. The molecule has 9 heteroatoms. The average Bonchev–Trinajstić information content (AvgIpc) is 3.11. The summed E-state index contributed by atoms with van der Waals surface area (Å²) in [6, 6.07) is 5.95. The number of nitrogen functional groups attached to an aromatic ring is 1. The van der Waals surface area contributed by atoms with Gasteiger partial charge in [0.1, 0.15) is 17.4 Å². The van der Waals surface area contributed by atoms with Gasteiger partial charge >= 0.3 is 11.8 Å². The van der Waals surface area contributed by atoms with Gasteiger partial charge in [-0.1, -0.05) is 13.8 Å². The highest BCUT2D eigenvalue weighted by molar-refractivity contribution is 5.70. The number of benzene rings is 1. The summed E-state index contributed by atoms with van der Waals surface area (Å²) in [4.78, 5) is 27.1. The third-order valence-corrected chi connectivity index (χ3v) is 4.80. The van der Waals surface area contributed by atoms with Gasteiger partial charge < -0.3 is 19.6 Å². The summed E-state index contributed by atoms with van der Waals surface area (Å²) in [6.07, 6.45) is -1.00. The van der Waals surface area contributed by atoms with E-state index in [1.807, 2.05) is 13.8 Å². The van der Waals surface area contributed by atoms with Crippen LogP contribution in [0.25, 0.3) is 5.69 Å². The predicted octanol–water partition coefficient (Wildman–Crippen LogP) is 3.48. The number of ether oxygens (including phenoxy) is 2. The summed E-state index contributed by atoms with van der Waals surface area (Å²) in [6.45, 7) is 12.9. The lowest BCUT2D eigenvalue weighted by atomic mass is 9.99. The Morgan fingerprint density at radius 1 is 1.23 bits per heavy atom. The molecular weight excluding hydrogens is 388 g/mol. The molecule has 0 bridgehead atoms. The summed E-state index contributed by atoms with van der Waals surface area (Å²) in [5.41, 5.74) is 5.12. The summed E-state index contributed by atoms with van der Waals surface area (Å²) < 4.78 is 18.5. The second-order valence-electron chi connectivity index (χ2n) is 9.28. The zero-order valence-electron chi connectivity index (χ0n) is 18.5. The van der Waals surface area contributed by atoms with E-state index in [0.717, 1.165) is 4.68 Å². The lowest BCUT2D eigenvalue weighted by molar-refractivity contribution is -0.0864. The second kappa shape index (κ2) is 7.46. The maximum atomic E-state index is 13.1. The average molecular weight is 418 g/mol. The van der Waals surface area contributed by atoms with Crippen LogP contribution < -0.4 is 11.5 Å². The minimum absolute atomic E-state index is 0.0219. The van der Waals surface area contributed by atoms with Crippen LogP contribution in [-0.2, 0) is 9.47 Å². The zero-order chi connectivity index (χ0) is 22.4. The van der Waals surface area contributed by atoms with Crippen LogP contribution in [0.4, 0.5) is 10.5 Å². The Labute approximate surface area is 175 Å². The molecule has 2 atom stereocenters. The maximum Gasteiger partial charge on any atom is 0.442 e. The van der Waals surface area contributed by atoms with Crippen LogP contribution in [-0.4, -0.2) is 38.2 Å². The monoisotopic (exact) mass is 418 g/mol. The van der Waals surface area contributed by atoms with E-state index in [9.17, 15) is 9.59 Å². The summed E-state index contributed by atoms with van der Waals surface area (Å²) >= 11 is 0. The Morgan fingerprint density at radius 2 is 1.83 bits per heavy atom. The van der Waals surface area contributed by atoms with Gasteiger partial charge in [-0.2, -0.15) is 4.68 Å². The number of nitrogens with zero attached hydrogens (tertiary/aromatic N) is 3. The molecule has 2 N–H and O–H groups in total. The Hall–Kier alpha value is -2.81. The van der Waals surface area contributed by atoms with Crippen molar-refractivity contribution in [3.05, 3.63) is 40.7 Å². The topological polar surface area (TPSA) is 113 Å². The fraction of sp³-hybridized carbons (Fsp3) is 0.571. The van der Waals surface area contributed by atoms with Crippen LogP contribution in [0.1, 0.15) is 60.4 Å². The van der Waals surface area contributed by atoms with Gasteiger partial charge in [0.15, 0.2) is 0 Å². The molecule has 1 aliphatic heterocycles. The number of rotatable bonds is 3. The molecule has 3 rings (SSSR count). The first-order chi connectivity index (χ1) is 13.8. The summed E-state index contributed by atoms with van der Waals surface area (Å²) in [5.74, 6) is -0.549. The number of nitrogens with two attached hydrogens (primary N) is 1. The largest absolute Gasteiger partial charge is 0.444 e. The number of hydrogen-bond donors (Lipinski definition) is 1. The smallest absolute Gasteiger partial charge is 0.442 e. The third kappa shape index (κ3) is 4.21. The molecule has 30 heavy (non-hydrogen) atoms. The third-order valence-electron chi connectivity index (χ3n) is 4.80. The van der Waals surface area contributed by atoms with Gasteiger partial charge in [-0.05, 0) is 64.8 Å². The molecule has 1 fully saturated rings. The first kappa shape index (κ1) is 21.9. The SMILES string of the molecule is CC(C)[C@H]1OC(C)(C)N(C(=O)OC(C)(C)C)[C@@H]1c1nn(-c2ccc(N)cc2)c(=O)o1. The molecule has 1 saturated heterocycles. The van der Waals surface area contributed by atoms with Crippen molar-refractivity contribution < 1.29 is 18.7 Å². The molecule has 0 saturated carbocycles. The second-order valence-corrected chi connectivity index (χ2v) is 9.28. The highest BCUT2D eigenvalue weighted by Gasteiger charge is 2.55. The Bertz CT molecular complexity index is 969. The highest BCUT2D eigenvalue weighted by Crippen LogP contribution is 2.44. The molecule has 2 heterocycles. The Balaban J connectivity index is 2.07. The van der Waals surface area contributed by atoms with Gasteiger partial charge in [0.05, 0.1) is 11.8 Å². The van der Waals surface area contributed by atoms with Gasteiger partial charge in [0.25, 0.3) is 0 Å². The zero-order valence-corrected chi connectivity index (χ0v) is 18.5. The molecular formula is C21H30N4O5. The van der Waals surface area contributed by atoms with Crippen molar-refractivity contribution in [1.82, 2.24) is 14.7 Å². The molecule has 164 valence electrons. The van der Waals surface area contributed by atoms with E-state index in [2.05, 4.69) is 5.10 Å². The number of carbonyl (C=O) groups is 1. The molecule has 1 amide bonds. The first-order valence-electron chi connectivity index (χ1n) is 9.96. The predicted molar refractivity (Wildman–Crippen MR) is 111 cm³/mol. The van der Waals surface area contributed by atoms with E-state index in [1.165, 1.54) is 4.90 Å². The van der Waals surface area contributed by atoms with Crippen LogP contribution in [0.5, 0.6) is 0 Å². The molecule has 1 aromatic heterocycles. The lowest BCUT2D eigenvalue weighted by Crippen LogP contribution is -2.47. The van der Waals surface area contributed by atoms with E-state index in [0.29, 0.717) is 11.4 Å². The van der Waals surface area contributed by atoms with Crippen molar-refractivity contribution in [1.29, 1.82) is 0 Å². The van der Waals surface area contributed by atoms with Crippen molar-refractivity contribution in [2.75, 3.05) is 5.73 Å². The molecule has 0 spiro atoms. The number of carbonyl (C=O) groups excluding carboxylic acids is 1. The number of amides is 1. The van der Waals surface area contributed by atoms with Gasteiger partial charge in [0, 0.05) is 5.69 Å². The molecule has 0 aliphatic carbocycles. The molecule has 9 nitrogen and oxygen atoms in total. The van der Waals surface area contributed by atoms with Crippen molar-refractivity contribution in [3.63, 3.8) is 0 Å². The van der Waals surface area contributed by atoms with Crippen LogP contribution in [0, 0.1) is 5.92 Å². The van der Waals surface area contributed by atoms with Gasteiger partial charge in [0.2, 0.25) is 5.89 Å². The fourth-order valence-corrected chi connectivity index (χ4v) is 3.52. The minimum Gasteiger partial charge on any atom is -0.444 e. The molecule has 1 aromatic carbocycles. The Morgan fingerprint density at radius 3 is 2.37 bits per heavy atom. The molecule has 0 unspecified atom stereocenters. The van der Waals surface area contributed by atoms with Gasteiger partial charge in [-0.25, -0.2) is 9.59 Å². The summed E-state index contributed by atoms with van der Waals surface area (Å²) in [7, 11) is 0. The first-order valence-corrected chi connectivity index (χ1v) is 9.96. The van der Waals surface area contributed by atoms with Crippen molar-refractivity contribution in [3.8, 4) is 5.69 Å². The van der Waals surface area contributed by atoms with E-state index in [-0.39, 0.29) is 11.8 Å². The van der Waals surface area contributed by atoms with Crippen LogP contribution >= 0.6 is 0 Å². The highest BCUT2D eigenvalue weighted by atomic mass is 16.6. The normalized spacial score (nSPS) is 21.3. The van der Waals surface area contributed by atoms with Crippen LogP contribution in [0.15, 0.2) is 33.5 Å². The van der Waals surface area contributed by atoms with Crippen LogP contribution in [0.3, 0.4) is 0 Å². The lowest BCUT2D eigenvalue weighted by Gasteiger charge is -2.34. The fourth-order valence-electron chi connectivity index (χ4n) is 3.52. The van der Waals surface area contributed by atoms with E-state index in [4.69, 9.17) is 19.6 Å². The van der Waals surface area contributed by atoms with Gasteiger partial charge in [-0.15, -0.1) is 5.10 Å².